The summed E-state index contributed by atoms with van der Waals surface area (Å²) in [5.41, 5.74) is 13.2. The highest BCUT2D eigenvalue weighted by Crippen LogP contribution is 2.38. The second kappa shape index (κ2) is 12.2. The Morgan fingerprint density at radius 1 is 1.15 bits per heavy atom. The first-order valence-corrected chi connectivity index (χ1v) is 14.2. The van der Waals surface area contributed by atoms with Gasteiger partial charge in [-0.25, -0.2) is 9.48 Å². The third-order valence-electron chi connectivity index (χ3n) is 7.17. The monoisotopic (exact) mass is 573 g/mol. The number of hydrogen-bond acceptors (Lipinski definition) is 5. The molecular formula is C32H36ClN5O3. The number of amides is 2. The van der Waals surface area contributed by atoms with Crippen molar-refractivity contribution < 1.29 is 14.3 Å². The van der Waals surface area contributed by atoms with Crippen molar-refractivity contribution in [1.82, 2.24) is 14.7 Å². The molecule has 0 saturated heterocycles. The number of aryl methyl sites for hydroxylation is 1. The first kappa shape index (κ1) is 28.5. The van der Waals surface area contributed by atoms with Crippen LogP contribution in [-0.2, 0) is 19.5 Å². The molecule has 1 aliphatic heterocycles. The lowest BCUT2D eigenvalue weighted by Crippen LogP contribution is -2.30. The number of nitrogens with zero attached hydrogens (tertiary/aromatic N) is 3. The van der Waals surface area contributed by atoms with Crippen LogP contribution in [0.25, 0.3) is 16.9 Å². The highest BCUT2D eigenvalue weighted by molar-refractivity contribution is 6.31. The Bertz CT molecular complexity index is 1550. The molecule has 0 atom stereocenters. The number of halogens is 1. The average molecular weight is 574 g/mol. The number of ether oxygens (including phenoxy) is 2. The van der Waals surface area contributed by atoms with Crippen LogP contribution in [0.1, 0.15) is 36.2 Å². The van der Waals surface area contributed by atoms with Crippen LogP contribution in [-0.4, -0.2) is 41.0 Å². The van der Waals surface area contributed by atoms with E-state index in [0.29, 0.717) is 31.3 Å². The number of aromatic nitrogens is 2. The number of hydrogen-bond donors (Lipinski definition) is 2. The van der Waals surface area contributed by atoms with E-state index < -0.39 is 6.03 Å². The van der Waals surface area contributed by atoms with Crippen LogP contribution >= 0.6 is 11.6 Å². The fraction of sp³-hybridized carbons (Fsp3) is 0.312. The van der Waals surface area contributed by atoms with Crippen LogP contribution in [0.2, 0.25) is 5.02 Å². The SMILES string of the molecule is COc1ccc(Cl)c(CN2CCc3nn(-c4c(C)cccc4OCC(C)C)c(-c4ccc(NC(N)=O)cc4)c3C2)c1. The third kappa shape index (κ3) is 6.34. The van der Waals surface area contributed by atoms with Gasteiger partial charge in [-0.15, -0.1) is 0 Å². The Morgan fingerprint density at radius 3 is 2.63 bits per heavy atom. The number of anilines is 1. The summed E-state index contributed by atoms with van der Waals surface area (Å²) in [5.74, 6) is 1.97. The first-order valence-electron chi connectivity index (χ1n) is 13.8. The minimum absolute atomic E-state index is 0.385. The number of urea groups is 1. The summed E-state index contributed by atoms with van der Waals surface area (Å²) in [5, 5.41) is 8.54. The second-order valence-corrected chi connectivity index (χ2v) is 11.2. The van der Waals surface area contributed by atoms with Gasteiger partial charge in [0.15, 0.2) is 0 Å². The van der Waals surface area contributed by atoms with Gasteiger partial charge in [-0.3, -0.25) is 4.90 Å². The van der Waals surface area contributed by atoms with Crippen LogP contribution in [0.15, 0.2) is 60.7 Å². The highest BCUT2D eigenvalue weighted by atomic mass is 35.5. The Morgan fingerprint density at radius 2 is 1.93 bits per heavy atom. The predicted octanol–water partition coefficient (Wildman–Crippen LogP) is 6.59. The lowest BCUT2D eigenvalue weighted by molar-refractivity contribution is 0.245. The largest absolute Gasteiger partial charge is 0.497 e. The summed E-state index contributed by atoms with van der Waals surface area (Å²) in [6, 6.07) is 19.0. The Labute approximate surface area is 246 Å². The standard InChI is InChI=1S/C32H36ClN5O3/c1-20(2)19-41-29-7-5-6-21(3)30(29)38-31(22-8-10-24(11-9-22)35-32(34)39)26-18-37(15-14-28(26)36-38)17-23-16-25(40-4)12-13-27(23)33/h5-13,16,20H,14-15,17-19H2,1-4H3,(H3,34,35,39). The molecule has 2 heterocycles. The molecule has 0 aliphatic carbocycles. The lowest BCUT2D eigenvalue weighted by atomic mass is 9.99. The minimum atomic E-state index is -0.598. The predicted molar refractivity (Wildman–Crippen MR) is 163 cm³/mol. The number of para-hydroxylation sites is 1. The van der Waals surface area contributed by atoms with E-state index in [0.717, 1.165) is 68.8 Å². The summed E-state index contributed by atoms with van der Waals surface area (Å²) in [4.78, 5) is 13.8. The minimum Gasteiger partial charge on any atom is -0.497 e. The van der Waals surface area contributed by atoms with Gasteiger partial charge >= 0.3 is 6.03 Å². The fourth-order valence-corrected chi connectivity index (χ4v) is 5.37. The van der Waals surface area contributed by atoms with Crippen molar-refractivity contribution >= 4 is 23.3 Å². The Balaban J connectivity index is 1.59. The number of nitrogens with one attached hydrogen (secondary N) is 1. The summed E-state index contributed by atoms with van der Waals surface area (Å²) in [6.07, 6.45) is 0.798. The number of nitrogens with two attached hydrogens (primary N) is 1. The highest BCUT2D eigenvalue weighted by Gasteiger charge is 2.28. The molecule has 4 aromatic rings. The van der Waals surface area contributed by atoms with E-state index in [2.05, 4.69) is 37.1 Å². The van der Waals surface area contributed by atoms with Crippen LogP contribution in [0.4, 0.5) is 10.5 Å². The van der Waals surface area contributed by atoms with Crippen LogP contribution in [0, 0.1) is 12.8 Å². The molecule has 0 spiro atoms. The molecule has 9 heteroatoms. The molecule has 5 rings (SSSR count). The summed E-state index contributed by atoms with van der Waals surface area (Å²) < 4.78 is 13.8. The number of fused-ring (bicyclic) bond motifs is 1. The van der Waals surface area contributed by atoms with E-state index >= 15 is 0 Å². The molecule has 41 heavy (non-hydrogen) atoms. The zero-order valence-electron chi connectivity index (χ0n) is 23.9. The molecule has 0 radical (unpaired) electrons. The van der Waals surface area contributed by atoms with Gasteiger partial charge in [-0.1, -0.05) is 49.7 Å². The van der Waals surface area contributed by atoms with Crippen LogP contribution < -0.4 is 20.5 Å². The summed E-state index contributed by atoms with van der Waals surface area (Å²) in [6.45, 7) is 9.20. The molecule has 1 aromatic heterocycles. The Kier molecular flexibility index (Phi) is 8.52. The molecule has 214 valence electrons. The third-order valence-corrected chi connectivity index (χ3v) is 7.54. The van der Waals surface area contributed by atoms with Gasteiger partial charge in [0.1, 0.15) is 17.2 Å². The van der Waals surface area contributed by atoms with E-state index in [1.54, 1.807) is 7.11 Å². The zero-order valence-corrected chi connectivity index (χ0v) is 24.7. The van der Waals surface area contributed by atoms with Crippen molar-refractivity contribution in [3.63, 3.8) is 0 Å². The number of benzene rings is 3. The Hall–Kier alpha value is -4.01. The van der Waals surface area contributed by atoms with Crippen molar-refractivity contribution in [3.8, 4) is 28.4 Å². The molecule has 0 fully saturated rings. The molecule has 3 aromatic carbocycles. The lowest BCUT2D eigenvalue weighted by Gasteiger charge is -2.27. The van der Waals surface area contributed by atoms with E-state index in [-0.39, 0.29) is 0 Å². The summed E-state index contributed by atoms with van der Waals surface area (Å²) in [7, 11) is 1.66. The first-order chi connectivity index (χ1) is 19.7. The normalized spacial score (nSPS) is 13.2. The molecule has 3 N–H and O–H groups in total. The molecule has 0 unspecified atom stereocenters. The number of carbonyl (C=O) groups is 1. The molecule has 1 aliphatic rings. The van der Waals surface area contributed by atoms with E-state index in [4.69, 9.17) is 31.9 Å². The molecule has 0 saturated carbocycles. The van der Waals surface area contributed by atoms with Gasteiger partial charge in [-0.05, 0) is 60.4 Å². The van der Waals surface area contributed by atoms with E-state index in [9.17, 15) is 4.79 Å². The van der Waals surface area contributed by atoms with Crippen molar-refractivity contribution in [2.45, 2.75) is 40.3 Å². The van der Waals surface area contributed by atoms with Gasteiger partial charge in [0.2, 0.25) is 0 Å². The molecule has 2 amide bonds. The van der Waals surface area contributed by atoms with Gasteiger partial charge in [-0.2, -0.15) is 5.10 Å². The average Bonchev–Trinajstić information content (AvgIpc) is 3.31. The van der Waals surface area contributed by atoms with Crippen LogP contribution in [0.5, 0.6) is 11.5 Å². The van der Waals surface area contributed by atoms with Crippen molar-refractivity contribution in [2.24, 2.45) is 11.7 Å². The van der Waals surface area contributed by atoms with Gasteiger partial charge in [0.25, 0.3) is 0 Å². The fourth-order valence-electron chi connectivity index (χ4n) is 5.19. The molecule has 8 nitrogen and oxygen atoms in total. The van der Waals surface area contributed by atoms with Crippen molar-refractivity contribution in [1.29, 1.82) is 0 Å². The van der Waals surface area contributed by atoms with Gasteiger partial charge < -0.3 is 20.5 Å². The van der Waals surface area contributed by atoms with Crippen LogP contribution in [0.3, 0.4) is 0 Å². The van der Waals surface area contributed by atoms with E-state index in [1.165, 1.54) is 0 Å². The maximum absolute atomic E-state index is 11.4. The number of primary amides is 1. The summed E-state index contributed by atoms with van der Waals surface area (Å²) >= 11 is 6.57. The molecular weight excluding hydrogens is 538 g/mol. The second-order valence-electron chi connectivity index (χ2n) is 10.8. The van der Waals surface area contributed by atoms with Gasteiger partial charge in [0, 0.05) is 47.9 Å². The topological polar surface area (TPSA) is 94.6 Å². The maximum atomic E-state index is 11.4. The molecule has 0 bridgehead atoms. The smallest absolute Gasteiger partial charge is 0.316 e. The van der Waals surface area contributed by atoms with Crippen molar-refractivity contribution in [3.05, 3.63) is 88.1 Å². The van der Waals surface area contributed by atoms with E-state index in [1.807, 2.05) is 59.3 Å². The number of rotatable bonds is 9. The van der Waals surface area contributed by atoms with Crippen molar-refractivity contribution in [2.75, 3.05) is 25.6 Å². The zero-order chi connectivity index (χ0) is 29.1. The maximum Gasteiger partial charge on any atom is 0.316 e. The number of carbonyl (C=O) groups excluding carboxylic acids is 1. The number of methoxy groups -OCH3 is 1. The van der Waals surface area contributed by atoms with Gasteiger partial charge in [0.05, 0.1) is 25.1 Å². The quantitative estimate of drug-likeness (QED) is 0.235.